The van der Waals surface area contributed by atoms with Crippen LogP contribution in [0.5, 0.6) is 5.88 Å². The fourth-order valence-corrected chi connectivity index (χ4v) is 2.63. The molecule has 22 heavy (non-hydrogen) atoms. The van der Waals surface area contributed by atoms with E-state index in [1.54, 1.807) is 24.4 Å². The van der Waals surface area contributed by atoms with E-state index in [1.807, 2.05) is 30.3 Å². The smallest absolute Gasteiger partial charge is 0.345 e. The second-order valence-electron chi connectivity index (χ2n) is 4.46. The summed E-state index contributed by atoms with van der Waals surface area (Å²) < 4.78 is 5.65. The van der Waals surface area contributed by atoms with Gasteiger partial charge < -0.3 is 9.84 Å². The average molecular weight is 312 g/mol. The highest BCUT2D eigenvalue weighted by atomic mass is 32.1. The van der Waals surface area contributed by atoms with Crippen LogP contribution in [0.4, 0.5) is 0 Å². The Labute approximate surface area is 130 Å². The van der Waals surface area contributed by atoms with Crippen molar-refractivity contribution in [2.45, 2.75) is 6.61 Å². The molecule has 0 atom stereocenters. The lowest BCUT2D eigenvalue weighted by atomic mass is 10.2. The molecule has 3 aromatic rings. The number of aromatic carboxylic acids is 1. The molecule has 5 nitrogen and oxygen atoms in total. The van der Waals surface area contributed by atoms with Gasteiger partial charge in [0.05, 0.1) is 4.88 Å². The third-order valence-electron chi connectivity index (χ3n) is 2.90. The molecule has 2 aromatic heterocycles. The van der Waals surface area contributed by atoms with E-state index in [0.29, 0.717) is 23.2 Å². The van der Waals surface area contributed by atoms with E-state index >= 15 is 0 Å². The maximum absolute atomic E-state index is 10.9. The number of carbonyl (C=O) groups is 1. The van der Waals surface area contributed by atoms with Gasteiger partial charge in [-0.2, -0.15) is 4.98 Å². The zero-order valence-electron chi connectivity index (χ0n) is 11.5. The molecule has 1 aromatic carbocycles. The van der Waals surface area contributed by atoms with Crippen LogP contribution in [0.15, 0.2) is 54.7 Å². The second-order valence-corrected chi connectivity index (χ2v) is 5.55. The molecule has 0 spiro atoms. The molecule has 110 valence electrons. The van der Waals surface area contributed by atoms with Crippen molar-refractivity contribution in [3.05, 3.63) is 65.2 Å². The number of carboxylic acids is 1. The van der Waals surface area contributed by atoms with Gasteiger partial charge in [0.2, 0.25) is 5.88 Å². The molecule has 0 fully saturated rings. The van der Waals surface area contributed by atoms with Crippen molar-refractivity contribution in [3.63, 3.8) is 0 Å². The summed E-state index contributed by atoms with van der Waals surface area (Å²) in [6.45, 7) is 0.419. The van der Waals surface area contributed by atoms with Gasteiger partial charge in [0.1, 0.15) is 11.5 Å². The van der Waals surface area contributed by atoms with Gasteiger partial charge in [0.25, 0.3) is 0 Å². The fourth-order valence-electron chi connectivity index (χ4n) is 1.85. The molecule has 0 amide bonds. The van der Waals surface area contributed by atoms with Crippen molar-refractivity contribution in [1.82, 2.24) is 9.97 Å². The number of hydrogen-bond donors (Lipinski definition) is 1. The summed E-state index contributed by atoms with van der Waals surface area (Å²) >= 11 is 1.14. The molecule has 2 heterocycles. The Hall–Kier alpha value is -2.73. The summed E-state index contributed by atoms with van der Waals surface area (Å²) in [4.78, 5) is 20.4. The number of benzene rings is 1. The van der Waals surface area contributed by atoms with E-state index in [4.69, 9.17) is 9.84 Å². The molecule has 0 saturated heterocycles. The minimum absolute atomic E-state index is 0.259. The molecule has 3 rings (SSSR count). The lowest BCUT2D eigenvalue weighted by molar-refractivity contribution is 0.0702. The van der Waals surface area contributed by atoms with E-state index in [0.717, 1.165) is 16.9 Å². The minimum atomic E-state index is -0.951. The fraction of sp³-hybridized carbons (Fsp3) is 0.0625. The maximum Gasteiger partial charge on any atom is 0.345 e. The highest BCUT2D eigenvalue weighted by Gasteiger charge is 2.11. The van der Waals surface area contributed by atoms with Crippen LogP contribution in [0, 0.1) is 0 Å². The Kier molecular flexibility index (Phi) is 4.11. The summed E-state index contributed by atoms with van der Waals surface area (Å²) in [7, 11) is 0. The van der Waals surface area contributed by atoms with Crippen LogP contribution in [0.3, 0.4) is 0 Å². The summed E-state index contributed by atoms with van der Waals surface area (Å²) in [5.74, 6) is -0.0325. The molecule has 0 unspecified atom stereocenters. The average Bonchev–Trinajstić information content (AvgIpc) is 3.05. The van der Waals surface area contributed by atoms with E-state index in [9.17, 15) is 4.79 Å². The first-order valence-electron chi connectivity index (χ1n) is 6.55. The Morgan fingerprint density at radius 2 is 1.95 bits per heavy atom. The lowest BCUT2D eigenvalue weighted by Crippen LogP contribution is -1.98. The van der Waals surface area contributed by atoms with Gasteiger partial charge in [0.15, 0.2) is 5.82 Å². The zero-order valence-corrected chi connectivity index (χ0v) is 12.3. The Balaban J connectivity index is 1.75. The topological polar surface area (TPSA) is 72.3 Å². The third kappa shape index (κ3) is 3.29. The SMILES string of the molecule is O=C(O)c1ccc(-c2nccc(OCc3ccccc3)n2)s1. The summed E-state index contributed by atoms with van der Waals surface area (Å²) in [5, 5.41) is 8.95. The summed E-state index contributed by atoms with van der Waals surface area (Å²) in [6, 6.07) is 14.7. The van der Waals surface area contributed by atoms with Crippen molar-refractivity contribution in [1.29, 1.82) is 0 Å². The highest BCUT2D eigenvalue weighted by Crippen LogP contribution is 2.26. The molecule has 0 radical (unpaired) electrons. The first-order chi connectivity index (χ1) is 10.7. The maximum atomic E-state index is 10.9. The van der Waals surface area contributed by atoms with Crippen LogP contribution in [0.25, 0.3) is 10.7 Å². The van der Waals surface area contributed by atoms with Crippen LogP contribution in [-0.4, -0.2) is 21.0 Å². The van der Waals surface area contributed by atoms with Crippen molar-refractivity contribution < 1.29 is 14.6 Å². The van der Waals surface area contributed by atoms with Crippen molar-refractivity contribution in [3.8, 4) is 16.6 Å². The third-order valence-corrected chi connectivity index (χ3v) is 3.97. The Morgan fingerprint density at radius 1 is 1.14 bits per heavy atom. The van der Waals surface area contributed by atoms with Gasteiger partial charge in [-0.1, -0.05) is 30.3 Å². The lowest BCUT2D eigenvalue weighted by Gasteiger charge is -2.05. The number of rotatable bonds is 5. The number of ether oxygens (including phenoxy) is 1. The van der Waals surface area contributed by atoms with Gasteiger partial charge in [0, 0.05) is 12.3 Å². The Bertz CT molecular complexity index is 787. The molecule has 0 aliphatic heterocycles. The number of hydrogen-bond acceptors (Lipinski definition) is 5. The molecule has 0 aliphatic rings. The quantitative estimate of drug-likeness (QED) is 0.781. The van der Waals surface area contributed by atoms with Crippen LogP contribution in [-0.2, 0) is 6.61 Å². The van der Waals surface area contributed by atoms with Crippen LogP contribution in [0.1, 0.15) is 15.2 Å². The van der Waals surface area contributed by atoms with E-state index in [2.05, 4.69) is 9.97 Å². The predicted octanol–water partition coefficient (Wildman–Crippen LogP) is 3.48. The van der Waals surface area contributed by atoms with Gasteiger partial charge in [-0.05, 0) is 17.7 Å². The first kappa shape index (κ1) is 14.2. The standard InChI is InChI=1S/C16H12N2O3S/c19-16(20)13-7-6-12(22-13)15-17-9-8-14(18-15)21-10-11-4-2-1-3-5-11/h1-9H,10H2,(H,19,20). The predicted molar refractivity (Wildman–Crippen MR) is 83.1 cm³/mol. The van der Waals surface area contributed by atoms with Crippen molar-refractivity contribution >= 4 is 17.3 Å². The number of aromatic nitrogens is 2. The number of nitrogens with zero attached hydrogens (tertiary/aromatic N) is 2. The monoisotopic (exact) mass is 312 g/mol. The van der Waals surface area contributed by atoms with Gasteiger partial charge in [-0.3, -0.25) is 0 Å². The van der Waals surface area contributed by atoms with Crippen LogP contribution in [0.2, 0.25) is 0 Å². The van der Waals surface area contributed by atoms with Gasteiger partial charge >= 0.3 is 5.97 Å². The normalized spacial score (nSPS) is 10.4. The largest absolute Gasteiger partial charge is 0.477 e. The van der Waals surface area contributed by atoms with E-state index in [1.165, 1.54) is 0 Å². The van der Waals surface area contributed by atoms with Crippen molar-refractivity contribution in [2.24, 2.45) is 0 Å². The second kappa shape index (κ2) is 6.36. The molecular weight excluding hydrogens is 300 g/mol. The van der Waals surface area contributed by atoms with E-state index in [-0.39, 0.29) is 4.88 Å². The van der Waals surface area contributed by atoms with Crippen molar-refractivity contribution in [2.75, 3.05) is 0 Å². The number of carboxylic acid groups (broad SMARTS) is 1. The number of thiophene rings is 1. The summed E-state index contributed by atoms with van der Waals surface area (Å²) in [5.41, 5.74) is 1.05. The summed E-state index contributed by atoms with van der Waals surface area (Å²) in [6.07, 6.45) is 1.60. The van der Waals surface area contributed by atoms with E-state index < -0.39 is 5.97 Å². The molecule has 1 N–H and O–H groups in total. The van der Waals surface area contributed by atoms with Gasteiger partial charge in [-0.15, -0.1) is 11.3 Å². The zero-order chi connectivity index (χ0) is 15.4. The molecule has 0 aliphatic carbocycles. The molecular formula is C16H12N2O3S. The first-order valence-corrected chi connectivity index (χ1v) is 7.37. The van der Waals surface area contributed by atoms with Crippen LogP contribution >= 0.6 is 11.3 Å². The van der Waals surface area contributed by atoms with Crippen LogP contribution < -0.4 is 4.74 Å². The Morgan fingerprint density at radius 3 is 2.68 bits per heavy atom. The van der Waals surface area contributed by atoms with Gasteiger partial charge in [-0.25, -0.2) is 9.78 Å². The molecule has 6 heteroatoms. The highest BCUT2D eigenvalue weighted by molar-refractivity contribution is 7.17. The molecule has 0 saturated carbocycles. The molecule has 0 bridgehead atoms. The minimum Gasteiger partial charge on any atom is -0.477 e.